The zero-order valence-electron chi connectivity index (χ0n) is 16.3. The fraction of sp³-hybridized carbons (Fsp3) is 0.238. The number of aliphatic imine (C=N–C) groups is 1. The second-order valence-corrected chi connectivity index (χ2v) is 6.55. The predicted octanol–water partition coefficient (Wildman–Crippen LogP) is 5.30. The topological polar surface area (TPSA) is 59.4 Å². The van der Waals surface area contributed by atoms with Crippen LogP contribution in [0.5, 0.6) is 5.75 Å². The van der Waals surface area contributed by atoms with Gasteiger partial charge in [0.15, 0.2) is 5.75 Å². The molecule has 1 heterocycles. The summed E-state index contributed by atoms with van der Waals surface area (Å²) in [7, 11) is 0. The highest BCUT2D eigenvalue weighted by Crippen LogP contribution is 2.32. The van der Waals surface area contributed by atoms with Crippen molar-refractivity contribution in [1.82, 2.24) is 9.78 Å². The van der Waals surface area contributed by atoms with Crippen molar-refractivity contribution in [3.05, 3.63) is 76.0 Å². The first-order valence-corrected chi connectivity index (χ1v) is 9.20. The second kappa shape index (κ2) is 8.56. The summed E-state index contributed by atoms with van der Waals surface area (Å²) in [5.41, 5.74) is 1.02. The molecule has 158 valence electrons. The SMILES string of the molecule is CCCc1[nH]n(-c2ccc(F)cc2)c(=O)c1C(C)=Nc1ccccc1OC(F)(F)F. The van der Waals surface area contributed by atoms with Gasteiger partial charge in [-0.2, -0.15) is 0 Å². The lowest BCUT2D eigenvalue weighted by Crippen LogP contribution is -2.20. The lowest BCUT2D eigenvalue weighted by molar-refractivity contribution is -0.274. The van der Waals surface area contributed by atoms with Gasteiger partial charge < -0.3 is 4.74 Å². The van der Waals surface area contributed by atoms with E-state index in [1.807, 2.05) is 6.92 Å². The molecule has 1 N–H and O–H groups in total. The molecule has 0 bridgehead atoms. The zero-order valence-corrected chi connectivity index (χ0v) is 16.3. The lowest BCUT2D eigenvalue weighted by atomic mass is 10.1. The number of aromatic nitrogens is 2. The third-order valence-electron chi connectivity index (χ3n) is 4.29. The molecule has 5 nitrogen and oxygen atoms in total. The molecule has 0 aliphatic rings. The number of nitrogens with one attached hydrogen (secondary N) is 1. The van der Waals surface area contributed by atoms with Gasteiger partial charge in [-0.1, -0.05) is 25.5 Å². The Morgan fingerprint density at radius 3 is 2.43 bits per heavy atom. The summed E-state index contributed by atoms with van der Waals surface area (Å²) in [6.07, 6.45) is -3.62. The molecule has 9 heteroatoms. The first kappa shape index (κ1) is 21.4. The molecule has 0 amide bonds. The molecule has 0 radical (unpaired) electrons. The Morgan fingerprint density at radius 2 is 1.80 bits per heavy atom. The van der Waals surface area contributed by atoms with Gasteiger partial charge in [-0.15, -0.1) is 13.2 Å². The van der Waals surface area contributed by atoms with E-state index in [1.165, 1.54) is 47.1 Å². The van der Waals surface area contributed by atoms with Gasteiger partial charge in [0.2, 0.25) is 0 Å². The fourth-order valence-corrected chi connectivity index (χ4v) is 3.06. The minimum atomic E-state index is -4.86. The van der Waals surface area contributed by atoms with E-state index in [1.54, 1.807) is 6.92 Å². The van der Waals surface area contributed by atoms with Crippen molar-refractivity contribution >= 4 is 11.4 Å². The Hall–Kier alpha value is -3.36. The molecule has 0 unspecified atom stereocenters. The molecule has 3 aromatic rings. The summed E-state index contributed by atoms with van der Waals surface area (Å²) < 4.78 is 56.5. The van der Waals surface area contributed by atoms with Crippen LogP contribution in [0.4, 0.5) is 23.2 Å². The Bertz CT molecular complexity index is 1110. The van der Waals surface area contributed by atoms with Crippen molar-refractivity contribution in [1.29, 1.82) is 0 Å². The highest BCUT2D eigenvalue weighted by molar-refractivity contribution is 6.01. The molecule has 2 aromatic carbocycles. The number of H-pyrrole nitrogens is 1. The molecular formula is C21H19F4N3O2. The van der Waals surface area contributed by atoms with Crippen LogP contribution in [0.1, 0.15) is 31.5 Å². The number of hydrogen-bond acceptors (Lipinski definition) is 3. The van der Waals surface area contributed by atoms with E-state index in [9.17, 15) is 22.4 Å². The van der Waals surface area contributed by atoms with Crippen LogP contribution in [0.3, 0.4) is 0 Å². The van der Waals surface area contributed by atoms with Gasteiger partial charge in [0.05, 0.1) is 17.0 Å². The van der Waals surface area contributed by atoms with Crippen molar-refractivity contribution < 1.29 is 22.3 Å². The number of benzene rings is 2. The number of rotatable bonds is 6. The van der Waals surface area contributed by atoms with Crippen molar-refractivity contribution in [3.8, 4) is 11.4 Å². The largest absolute Gasteiger partial charge is 0.573 e. The standard InChI is InChI=1S/C21H19F4N3O2/c1-3-6-17-19(20(29)28(27-17)15-11-9-14(22)10-12-15)13(2)26-16-7-4-5-8-18(16)30-21(23,24)25/h4-5,7-12,27H,3,6H2,1-2H3. The van der Waals surface area contributed by atoms with Gasteiger partial charge in [0.25, 0.3) is 5.56 Å². The molecule has 0 saturated carbocycles. The van der Waals surface area contributed by atoms with Crippen LogP contribution in [0.25, 0.3) is 5.69 Å². The van der Waals surface area contributed by atoms with E-state index < -0.39 is 23.5 Å². The summed E-state index contributed by atoms with van der Waals surface area (Å²) in [5.74, 6) is -0.901. The van der Waals surface area contributed by atoms with Crippen LogP contribution in [-0.2, 0) is 6.42 Å². The summed E-state index contributed by atoms with van der Waals surface area (Å²) in [4.78, 5) is 17.3. The van der Waals surface area contributed by atoms with Crippen molar-refractivity contribution in [2.24, 2.45) is 4.99 Å². The molecular weight excluding hydrogens is 402 g/mol. The molecule has 0 fully saturated rings. The number of para-hydroxylation sites is 2. The third-order valence-corrected chi connectivity index (χ3v) is 4.29. The summed E-state index contributed by atoms with van der Waals surface area (Å²) in [6.45, 7) is 3.47. The second-order valence-electron chi connectivity index (χ2n) is 6.55. The predicted molar refractivity (Wildman–Crippen MR) is 105 cm³/mol. The van der Waals surface area contributed by atoms with E-state index in [4.69, 9.17) is 0 Å². The average molecular weight is 421 g/mol. The van der Waals surface area contributed by atoms with E-state index in [-0.39, 0.29) is 17.0 Å². The van der Waals surface area contributed by atoms with E-state index in [0.29, 0.717) is 17.8 Å². The molecule has 0 aliphatic carbocycles. The number of aromatic amines is 1. The molecule has 0 aliphatic heterocycles. The van der Waals surface area contributed by atoms with Crippen molar-refractivity contribution in [2.75, 3.05) is 0 Å². The van der Waals surface area contributed by atoms with Crippen LogP contribution < -0.4 is 10.3 Å². The quantitative estimate of drug-likeness (QED) is 0.434. The van der Waals surface area contributed by atoms with Gasteiger partial charge in [0.1, 0.15) is 11.5 Å². The van der Waals surface area contributed by atoms with Gasteiger partial charge in [-0.3, -0.25) is 9.89 Å². The Labute approximate surface area is 169 Å². The third kappa shape index (κ3) is 4.79. The fourth-order valence-electron chi connectivity index (χ4n) is 3.06. The van der Waals surface area contributed by atoms with Gasteiger partial charge in [0, 0.05) is 5.69 Å². The molecule has 30 heavy (non-hydrogen) atoms. The average Bonchev–Trinajstić information content (AvgIpc) is 2.99. The molecule has 0 atom stereocenters. The Morgan fingerprint density at radius 1 is 1.13 bits per heavy atom. The number of aryl methyl sites for hydroxylation is 1. The summed E-state index contributed by atoms with van der Waals surface area (Å²) in [5, 5.41) is 3.00. The molecule has 0 spiro atoms. The smallest absolute Gasteiger partial charge is 0.403 e. The number of ether oxygens (including phenoxy) is 1. The monoisotopic (exact) mass is 421 g/mol. The summed E-state index contributed by atoms with van der Waals surface area (Å²) >= 11 is 0. The molecule has 0 saturated heterocycles. The van der Waals surface area contributed by atoms with Gasteiger partial charge in [-0.05, 0) is 49.7 Å². The maximum atomic E-state index is 13.2. The minimum absolute atomic E-state index is 0.0521. The number of nitrogens with zero attached hydrogens (tertiary/aromatic N) is 2. The van der Waals surface area contributed by atoms with Crippen LogP contribution in [0.2, 0.25) is 0 Å². The van der Waals surface area contributed by atoms with Crippen LogP contribution in [0.15, 0.2) is 58.3 Å². The number of halogens is 4. The maximum Gasteiger partial charge on any atom is 0.573 e. The van der Waals surface area contributed by atoms with E-state index in [2.05, 4.69) is 14.8 Å². The normalized spacial score (nSPS) is 12.3. The maximum absolute atomic E-state index is 13.2. The first-order chi connectivity index (χ1) is 14.2. The minimum Gasteiger partial charge on any atom is -0.403 e. The zero-order chi connectivity index (χ0) is 21.9. The van der Waals surface area contributed by atoms with Crippen LogP contribution in [-0.4, -0.2) is 21.9 Å². The van der Waals surface area contributed by atoms with Crippen LogP contribution in [0, 0.1) is 5.82 Å². The van der Waals surface area contributed by atoms with E-state index >= 15 is 0 Å². The lowest BCUT2D eigenvalue weighted by Gasteiger charge is -2.11. The first-order valence-electron chi connectivity index (χ1n) is 9.20. The number of hydrogen-bond donors (Lipinski definition) is 1. The Kier molecular flexibility index (Phi) is 6.09. The van der Waals surface area contributed by atoms with Gasteiger partial charge in [-0.25, -0.2) is 14.1 Å². The highest BCUT2D eigenvalue weighted by Gasteiger charge is 2.32. The van der Waals surface area contributed by atoms with Gasteiger partial charge >= 0.3 is 6.36 Å². The highest BCUT2D eigenvalue weighted by atomic mass is 19.4. The molecule has 1 aromatic heterocycles. The summed E-state index contributed by atoms with van der Waals surface area (Å²) in [6, 6.07) is 10.8. The van der Waals surface area contributed by atoms with Crippen LogP contribution >= 0.6 is 0 Å². The molecule has 3 rings (SSSR count). The number of alkyl halides is 3. The Balaban J connectivity index is 2.09. The van der Waals surface area contributed by atoms with Crippen molar-refractivity contribution in [3.63, 3.8) is 0 Å². The van der Waals surface area contributed by atoms with Crippen molar-refractivity contribution in [2.45, 2.75) is 33.1 Å². The van der Waals surface area contributed by atoms with E-state index in [0.717, 1.165) is 12.5 Å².